The average Bonchev–Trinajstić information content (AvgIpc) is 3.92. The fourth-order valence-electron chi connectivity index (χ4n) is 9.88. The number of furan rings is 1. The monoisotopic (exact) mass is 772 g/mol. The molecule has 0 amide bonds. The molecule has 5 nitrogen and oxygen atoms in total. The Bertz CT molecular complexity index is 3420. The van der Waals surface area contributed by atoms with Crippen molar-refractivity contribution in [1.82, 2.24) is 9.47 Å². The third kappa shape index (κ3) is 5.12. The SMILES string of the molecule is CN1C(c2ccccc2)=NC(c2ccccc2)=NC1c1cc(-n2c3ccccc3c3cc(-c4ccc5c(c4)C(C)(C)c4ccccc4-5)ccc32)c2c(c1)oc1ccccc12. The third-order valence-electron chi connectivity index (χ3n) is 12.8. The van der Waals surface area contributed by atoms with Crippen molar-refractivity contribution in [3.8, 4) is 27.9 Å². The molecule has 8 aromatic carbocycles. The summed E-state index contributed by atoms with van der Waals surface area (Å²) in [7, 11) is 2.09. The van der Waals surface area contributed by atoms with Crippen LogP contribution in [0.4, 0.5) is 0 Å². The molecule has 0 N–H and O–H groups in total. The van der Waals surface area contributed by atoms with Gasteiger partial charge in [-0.15, -0.1) is 0 Å². The lowest BCUT2D eigenvalue weighted by atomic mass is 9.81. The van der Waals surface area contributed by atoms with Crippen molar-refractivity contribution in [2.24, 2.45) is 9.98 Å². The topological polar surface area (TPSA) is 46.0 Å². The van der Waals surface area contributed by atoms with Gasteiger partial charge in [-0.1, -0.05) is 153 Å². The van der Waals surface area contributed by atoms with E-state index in [9.17, 15) is 0 Å². The maximum absolute atomic E-state index is 6.75. The van der Waals surface area contributed by atoms with Crippen molar-refractivity contribution in [3.63, 3.8) is 0 Å². The smallest absolute Gasteiger partial charge is 0.159 e. The second-order valence-corrected chi connectivity index (χ2v) is 16.6. The quantitative estimate of drug-likeness (QED) is 0.175. The zero-order valence-electron chi connectivity index (χ0n) is 33.6. The van der Waals surface area contributed by atoms with Crippen LogP contribution in [0.2, 0.25) is 0 Å². The first-order chi connectivity index (χ1) is 29.4. The summed E-state index contributed by atoms with van der Waals surface area (Å²) in [5, 5.41) is 4.56. The summed E-state index contributed by atoms with van der Waals surface area (Å²) in [6.45, 7) is 4.70. The fourth-order valence-corrected chi connectivity index (χ4v) is 9.88. The van der Waals surface area contributed by atoms with Gasteiger partial charge in [0.2, 0.25) is 0 Å². The summed E-state index contributed by atoms with van der Waals surface area (Å²) in [5.41, 5.74) is 15.8. The Morgan fingerprint density at radius 1 is 0.517 bits per heavy atom. The molecule has 12 rings (SSSR count). The molecule has 0 bridgehead atoms. The molecule has 3 heterocycles. The molecule has 0 fully saturated rings. The van der Waals surface area contributed by atoms with Crippen molar-refractivity contribution in [2.75, 3.05) is 7.05 Å². The Kier molecular flexibility index (Phi) is 7.48. The van der Waals surface area contributed by atoms with Crippen molar-refractivity contribution < 1.29 is 4.42 Å². The van der Waals surface area contributed by atoms with Crippen LogP contribution in [0.25, 0.3) is 71.7 Å². The zero-order valence-corrected chi connectivity index (χ0v) is 33.6. The van der Waals surface area contributed by atoms with E-state index < -0.39 is 0 Å². The van der Waals surface area contributed by atoms with Crippen LogP contribution in [0.1, 0.15) is 47.8 Å². The number of para-hydroxylation sites is 2. The van der Waals surface area contributed by atoms with Gasteiger partial charge in [-0.05, 0) is 75.8 Å². The van der Waals surface area contributed by atoms with Crippen LogP contribution in [0, 0.1) is 0 Å². The minimum Gasteiger partial charge on any atom is -0.456 e. The Morgan fingerprint density at radius 2 is 1.17 bits per heavy atom. The molecule has 1 aliphatic carbocycles. The first-order valence-corrected chi connectivity index (χ1v) is 20.7. The van der Waals surface area contributed by atoms with Gasteiger partial charge in [-0.3, -0.25) is 0 Å². The molecule has 0 spiro atoms. The van der Waals surface area contributed by atoms with E-state index in [1.165, 1.54) is 44.2 Å². The van der Waals surface area contributed by atoms with E-state index in [0.717, 1.165) is 61.2 Å². The molecule has 1 aliphatic heterocycles. The third-order valence-corrected chi connectivity index (χ3v) is 12.8. The average molecular weight is 773 g/mol. The predicted molar refractivity (Wildman–Crippen MR) is 248 cm³/mol. The molecule has 2 aliphatic rings. The number of nitrogens with zero attached hydrogens (tertiary/aromatic N) is 4. The van der Waals surface area contributed by atoms with Gasteiger partial charge < -0.3 is 13.9 Å². The molecule has 0 radical (unpaired) electrons. The van der Waals surface area contributed by atoms with Crippen LogP contribution in [0.5, 0.6) is 0 Å². The molecule has 60 heavy (non-hydrogen) atoms. The highest BCUT2D eigenvalue weighted by atomic mass is 16.3. The van der Waals surface area contributed by atoms with Gasteiger partial charge >= 0.3 is 0 Å². The Labute approximate surface area is 348 Å². The normalized spacial score (nSPS) is 15.7. The first kappa shape index (κ1) is 34.5. The van der Waals surface area contributed by atoms with Crippen LogP contribution >= 0.6 is 0 Å². The van der Waals surface area contributed by atoms with Gasteiger partial charge in [0.25, 0.3) is 0 Å². The number of benzene rings is 8. The second kappa shape index (κ2) is 13.0. The minimum absolute atomic E-state index is 0.0716. The highest BCUT2D eigenvalue weighted by Gasteiger charge is 2.35. The van der Waals surface area contributed by atoms with Crippen molar-refractivity contribution in [3.05, 3.63) is 210 Å². The van der Waals surface area contributed by atoms with E-state index in [1.807, 2.05) is 30.3 Å². The molecule has 1 atom stereocenters. The zero-order chi connectivity index (χ0) is 40.1. The van der Waals surface area contributed by atoms with Gasteiger partial charge in [0.15, 0.2) is 12.0 Å². The lowest BCUT2D eigenvalue weighted by Crippen LogP contribution is -2.35. The van der Waals surface area contributed by atoms with Gasteiger partial charge in [0, 0.05) is 45.3 Å². The summed E-state index contributed by atoms with van der Waals surface area (Å²) in [5.74, 6) is 1.57. The van der Waals surface area contributed by atoms with Crippen LogP contribution < -0.4 is 0 Å². The molecule has 0 saturated heterocycles. The number of amidine groups is 2. The number of fused-ring (bicyclic) bond motifs is 9. The molecular formula is C55H40N4O. The number of rotatable bonds is 5. The highest BCUT2D eigenvalue weighted by Crippen LogP contribution is 2.50. The largest absolute Gasteiger partial charge is 0.456 e. The van der Waals surface area contributed by atoms with E-state index in [0.29, 0.717) is 5.84 Å². The van der Waals surface area contributed by atoms with E-state index in [2.05, 4.69) is 182 Å². The lowest BCUT2D eigenvalue weighted by Gasteiger charge is -2.32. The van der Waals surface area contributed by atoms with Crippen LogP contribution in [-0.4, -0.2) is 28.2 Å². The van der Waals surface area contributed by atoms with E-state index in [-0.39, 0.29) is 11.6 Å². The summed E-state index contributed by atoms with van der Waals surface area (Å²) in [6.07, 6.45) is -0.376. The summed E-state index contributed by atoms with van der Waals surface area (Å²) in [4.78, 5) is 12.7. The van der Waals surface area contributed by atoms with Gasteiger partial charge in [-0.2, -0.15) is 0 Å². The lowest BCUT2D eigenvalue weighted by molar-refractivity contribution is 0.383. The van der Waals surface area contributed by atoms with E-state index in [4.69, 9.17) is 14.4 Å². The number of aliphatic imine (C=N–C) groups is 2. The first-order valence-electron chi connectivity index (χ1n) is 20.7. The standard InChI is InChI=1S/C55H40N4O/c1-55(2)44-23-13-10-20-39(44)40-28-26-37(31-45(40)55)36-27-29-47-43(30-36)41-21-11-14-24-46(41)59(47)48-32-38(33-50-51(48)42-22-12-15-25-49(42)60-50)54-57-52(34-16-6-4-7-17-34)56-53(58(54)3)35-18-8-5-9-19-35/h4-33,54H,1-3H3. The number of hydrogen-bond acceptors (Lipinski definition) is 4. The maximum Gasteiger partial charge on any atom is 0.159 e. The Morgan fingerprint density at radius 3 is 2.00 bits per heavy atom. The molecule has 286 valence electrons. The molecule has 1 unspecified atom stereocenters. The molecular weight excluding hydrogens is 733 g/mol. The maximum atomic E-state index is 6.75. The summed E-state index contributed by atoms with van der Waals surface area (Å²) >= 11 is 0. The Hall–Kier alpha value is -7.50. The predicted octanol–water partition coefficient (Wildman–Crippen LogP) is 13.5. The minimum atomic E-state index is -0.376. The highest BCUT2D eigenvalue weighted by molar-refractivity contribution is 6.16. The van der Waals surface area contributed by atoms with E-state index >= 15 is 0 Å². The fraction of sp³-hybridized carbons (Fsp3) is 0.0909. The molecule has 2 aromatic heterocycles. The van der Waals surface area contributed by atoms with Crippen molar-refractivity contribution in [1.29, 1.82) is 0 Å². The summed E-state index contributed by atoms with van der Waals surface area (Å²) < 4.78 is 9.18. The summed E-state index contributed by atoms with van der Waals surface area (Å²) in [6, 6.07) is 65.2. The van der Waals surface area contributed by atoms with Gasteiger partial charge in [0.1, 0.15) is 17.0 Å². The van der Waals surface area contributed by atoms with Gasteiger partial charge in [-0.25, -0.2) is 9.98 Å². The molecule has 5 heteroatoms. The van der Waals surface area contributed by atoms with Crippen molar-refractivity contribution >= 4 is 55.4 Å². The molecule has 10 aromatic rings. The van der Waals surface area contributed by atoms with Crippen LogP contribution in [0.3, 0.4) is 0 Å². The van der Waals surface area contributed by atoms with Gasteiger partial charge in [0.05, 0.1) is 22.1 Å². The van der Waals surface area contributed by atoms with Crippen molar-refractivity contribution in [2.45, 2.75) is 25.4 Å². The van der Waals surface area contributed by atoms with E-state index in [1.54, 1.807) is 0 Å². The number of hydrogen-bond donors (Lipinski definition) is 0. The Balaban J connectivity index is 1.07. The second-order valence-electron chi connectivity index (χ2n) is 16.6. The molecule has 0 saturated carbocycles. The number of aromatic nitrogens is 1. The van der Waals surface area contributed by atoms with Crippen LogP contribution in [-0.2, 0) is 5.41 Å². The van der Waals surface area contributed by atoms with Crippen LogP contribution in [0.15, 0.2) is 196 Å².